The van der Waals surface area contributed by atoms with E-state index in [4.69, 9.17) is 14.9 Å². The van der Waals surface area contributed by atoms with Crippen molar-refractivity contribution in [2.24, 2.45) is 0 Å². The Morgan fingerprint density at radius 1 is 1.03 bits per heavy atom. The fourth-order valence-corrected chi connectivity index (χ4v) is 4.96. The molecule has 0 aliphatic carbocycles. The molecule has 2 aliphatic rings. The number of aliphatic hydroxyl groups excluding tert-OH is 1. The first-order valence-corrected chi connectivity index (χ1v) is 10.9. The fraction of sp³-hybridized carbons (Fsp3) is 0.542. The minimum Gasteiger partial charge on any atom is -0.478 e. The van der Waals surface area contributed by atoms with Gasteiger partial charge in [-0.3, -0.25) is 4.79 Å². The Kier molecular flexibility index (Phi) is 8.98. The zero-order valence-electron chi connectivity index (χ0n) is 18.9. The molecule has 0 aromatic heterocycles. The molecule has 1 aromatic rings. The van der Waals surface area contributed by atoms with Crippen LogP contribution < -0.4 is 0 Å². The van der Waals surface area contributed by atoms with E-state index in [0.29, 0.717) is 30.3 Å². The van der Waals surface area contributed by atoms with Crippen molar-refractivity contribution in [3.05, 3.63) is 48.0 Å². The van der Waals surface area contributed by atoms with Gasteiger partial charge in [-0.2, -0.15) is 0 Å². The molecular weight excluding hydrogens is 414 g/mol. The minimum atomic E-state index is -1.26. The number of benzene rings is 1. The van der Waals surface area contributed by atoms with Gasteiger partial charge < -0.3 is 24.5 Å². The predicted molar refractivity (Wildman–Crippen MR) is 118 cm³/mol. The minimum absolute atomic E-state index is 0.00212. The summed E-state index contributed by atoms with van der Waals surface area (Å²) in [5, 5.41) is 25.3. The first kappa shape index (κ1) is 25.5. The Morgan fingerprint density at radius 3 is 1.94 bits per heavy atom. The number of rotatable bonds is 7. The molecule has 0 spiro atoms. The Hall–Kier alpha value is -2.71. The van der Waals surface area contributed by atoms with Crippen molar-refractivity contribution in [1.82, 2.24) is 0 Å². The summed E-state index contributed by atoms with van der Waals surface area (Å²) in [5.74, 6) is -3.37. The summed E-state index contributed by atoms with van der Waals surface area (Å²) in [7, 11) is 2.37. The van der Waals surface area contributed by atoms with Crippen LogP contribution in [0.1, 0.15) is 51.0 Å². The summed E-state index contributed by atoms with van der Waals surface area (Å²) in [6.07, 6.45) is 5.47. The number of nitrogens with zero attached hydrogens (tertiary/aromatic N) is 1. The number of fused-ring (bicyclic) bond motifs is 2. The zero-order valence-corrected chi connectivity index (χ0v) is 18.9. The molecule has 2 fully saturated rings. The Balaban J connectivity index is 0.000000390. The number of quaternary nitrogens is 1. The quantitative estimate of drug-likeness (QED) is 0.333. The molecule has 3 atom stereocenters. The van der Waals surface area contributed by atoms with E-state index in [1.807, 2.05) is 30.3 Å². The van der Waals surface area contributed by atoms with Gasteiger partial charge in [0.15, 0.2) is 0 Å². The smallest absolute Gasteiger partial charge is 0.328 e. The lowest BCUT2D eigenvalue weighted by atomic mass is 9.94. The first-order chi connectivity index (χ1) is 15.1. The Bertz CT molecular complexity index is 791. The van der Waals surface area contributed by atoms with Gasteiger partial charge in [0.05, 0.1) is 31.8 Å². The van der Waals surface area contributed by atoms with E-state index in [1.54, 1.807) is 0 Å². The summed E-state index contributed by atoms with van der Waals surface area (Å²) in [6.45, 7) is 4.39. The number of hydrogen-bond donors (Lipinski definition) is 3. The molecule has 2 bridgehead atoms. The maximum Gasteiger partial charge on any atom is 0.328 e. The lowest BCUT2D eigenvalue weighted by molar-refractivity contribution is -0.968. The highest BCUT2D eigenvalue weighted by Crippen LogP contribution is 2.44. The van der Waals surface area contributed by atoms with E-state index in [2.05, 4.69) is 20.9 Å². The van der Waals surface area contributed by atoms with Crippen LogP contribution in [0.3, 0.4) is 0 Å². The molecule has 3 N–H and O–H groups in total. The molecular formula is C24H34NO7+. The predicted octanol–water partition coefficient (Wildman–Crippen LogP) is 2.57. The van der Waals surface area contributed by atoms with E-state index in [-0.39, 0.29) is 18.7 Å². The molecule has 1 aromatic carbocycles. The molecule has 2 aliphatic heterocycles. The maximum absolute atomic E-state index is 12.6. The number of carboxylic acid groups (broad SMARTS) is 2. The summed E-state index contributed by atoms with van der Waals surface area (Å²) < 4.78 is 6.96. The maximum atomic E-state index is 12.6. The van der Waals surface area contributed by atoms with Gasteiger partial charge in [-0.15, -0.1) is 0 Å². The summed E-state index contributed by atoms with van der Waals surface area (Å²) in [6, 6.07) is 11.2. The van der Waals surface area contributed by atoms with Crippen LogP contribution in [0.25, 0.3) is 0 Å². The molecule has 32 heavy (non-hydrogen) atoms. The number of aliphatic hydroxyl groups is 1. The average Bonchev–Trinajstić information content (AvgIpc) is 2.91. The van der Waals surface area contributed by atoms with Gasteiger partial charge in [0, 0.05) is 37.8 Å². The van der Waals surface area contributed by atoms with Gasteiger partial charge in [-0.1, -0.05) is 30.3 Å². The monoisotopic (exact) mass is 448 g/mol. The number of hydrogen-bond acceptors (Lipinski definition) is 5. The molecule has 0 radical (unpaired) electrons. The van der Waals surface area contributed by atoms with Crippen molar-refractivity contribution in [2.45, 2.75) is 69.7 Å². The highest BCUT2D eigenvalue weighted by Gasteiger charge is 2.53. The Labute approximate surface area is 188 Å². The molecule has 8 nitrogen and oxygen atoms in total. The topological polar surface area (TPSA) is 121 Å². The van der Waals surface area contributed by atoms with Crippen LogP contribution >= 0.6 is 0 Å². The van der Waals surface area contributed by atoms with E-state index in [9.17, 15) is 19.5 Å². The van der Waals surface area contributed by atoms with Gasteiger partial charge in [0.25, 0.3) is 0 Å². The number of carbonyl (C=O) groups excluding carboxylic acids is 1. The van der Waals surface area contributed by atoms with Crippen LogP contribution in [-0.4, -0.2) is 75.6 Å². The van der Waals surface area contributed by atoms with Crippen molar-refractivity contribution < 1.29 is 38.9 Å². The summed E-state index contributed by atoms with van der Waals surface area (Å²) in [4.78, 5) is 31.7. The van der Waals surface area contributed by atoms with Crippen molar-refractivity contribution in [2.75, 3.05) is 13.7 Å². The molecule has 176 valence electrons. The Morgan fingerprint density at radius 2 is 1.53 bits per heavy atom. The van der Waals surface area contributed by atoms with E-state index in [0.717, 1.165) is 22.9 Å². The lowest BCUT2D eigenvalue weighted by Crippen LogP contribution is -2.62. The number of piperidine rings is 1. The van der Waals surface area contributed by atoms with Crippen LogP contribution in [0.5, 0.6) is 0 Å². The van der Waals surface area contributed by atoms with Gasteiger partial charge in [0.2, 0.25) is 0 Å². The first-order valence-electron chi connectivity index (χ1n) is 10.9. The van der Waals surface area contributed by atoms with Crippen LogP contribution in [0.15, 0.2) is 42.5 Å². The number of aliphatic carboxylic acids is 2. The van der Waals surface area contributed by atoms with Gasteiger partial charge in [-0.25, -0.2) is 9.59 Å². The number of esters is 1. The van der Waals surface area contributed by atoms with Crippen molar-refractivity contribution in [3.63, 3.8) is 0 Å². The second kappa shape index (κ2) is 11.2. The highest BCUT2D eigenvalue weighted by molar-refractivity contribution is 5.89. The number of carboxylic acids is 2. The molecule has 0 saturated carbocycles. The third-order valence-electron chi connectivity index (χ3n) is 6.91. The largest absolute Gasteiger partial charge is 0.478 e. The van der Waals surface area contributed by atoms with E-state index >= 15 is 0 Å². The van der Waals surface area contributed by atoms with Crippen molar-refractivity contribution >= 4 is 17.9 Å². The fourth-order valence-electron chi connectivity index (χ4n) is 4.96. The number of carbonyl (C=O) groups is 3. The van der Waals surface area contributed by atoms with Gasteiger partial charge in [0.1, 0.15) is 12.0 Å². The zero-order chi connectivity index (χ0) is 23.9. The van der Waals surface area contributed by atoms with Crippen molar-refractivity contribution in [1.29, 1.82) is 0 Å². The standard InChI is InChI=1S/C20H30NO3.C4H4O4/c1-14(2)21(3)16-9-10-17(21)12-18(11-16)24-20(23)19(13-22)15-7-5-4-6-8-15;5-3(6)1-2-4(7)8/h4-8,14,16-19,22H,9-13H2,1-3H3;1-2H,(H,5,6)(H,7,8)/q+1;/b;2-1-/t16-,17-,18?,19?,21?;/m1./s1. The second-order valence-electron chi connectivity index (χ2n) is 8.89. The molecule has 2 heterocycles. The molecule has 8 heteroatoms. The van der Waals surface area contributed by atoms with Crippen LogP contribution in [0.4, 0.5) is 0 Å². The van der Waals surface area contributed by atoms with Gasteiger partial charge in [-0.05, 0) is 19.4 Å². The second-order valence-corrected chi connectivity index (χ2v) is 8.89. The lowest BCUT2D eigenvalue weighted by Gasteiger charge is -2.49. The van der Waals surface area contributed by atoms with Crippen LogP contribution in [0, 0.1) is 0 Å². The molecule has 1 unspecified atom stereocenters. The normalized spacial score (nSPS) is 27.5. The molecule has 3 rings (SSSR count). The van der Waals surface area contributed by atoms with E-state index in [1.165, 1.54) is 12.8 Å². The summed E-state index contributed by atoms with van der Waals surface area (Å²) in [5.41, 5.74) is 0.826. The molecule has 2 saturated heterocycles. The third kappa shape index (κ3) is 6.17. The van der Waals surface area contributed by atoms with Gasteiger partial charge >= 0.3 is 17.9 Å². The van der Waals surface area contributed by atoms with Crippen LogP contribution in [-0.2, 0) is 19.1 Å². The average molecular weight is 449 g/mol. The van der Waals surface area contributed by atoms with E-state index < -0.39 is 17.9 Å². The van der Waals surface area contributed by atoms with Crippen molar-refractivity contribution in [3.8, 4) is 0 Å². The number of ether oxygens (including phenoxy) is 1. The summed E-state index contributed by atoms with van der Waals surface area (Å²) >= 11 is 0. The highest BCUT2D eigenvalue weighted by atomic mass is 16.5. The third-order valence-corrected chi connectivity index (χ3v) is 6.91. The SMILES string of the molecule is CC(C)[N+]1(C)[C@@H]2CC[C@@H]1CC(OC(=O)C(CO)c1ccccc1)C2.O=C(O)/C=C\C(=O)O. The molecule has 0 amide bonds. The van der Waals surface area contributed by atoms with Crippen LogP contribution in [0.2, 0.25) is 0 Å².